The molecule has 240 valence electrons. The number of hydrogen-bond acceptors (Lipinski definition) is 8. The molecule has 2 aliphatic rings. The van der Waals surface area contributed by atoms with Crippen molar-refractivity contribution in [2.24, 2.45) is 0 Å². The van der Waals surface area contributed by atoms with Crippen molar-refractivity contribution in [2.75, 3.05) is 6.61 Å². The van der Waals surface area contributed by atoms with Gasteiger partial charge in [-0.05, 0) is 70.1 Å². The minimum absolute atomic E-state index is 0.0411. The van der Waals surface area contributed by atoms with Gasteiger partial charge in [0.05, 0.1) is 30.4 Å². The molecule has 1 unspecified atom stereocenters. The topological polar surface area (TPSA) is 92.2 Å². The largest absolute Gasteiger partial charge is 0.472 e. The first kappa shape index (κ1) is 34.9. The molecule has 3 heterocycles. The molecule has 0 radical (unpaired) electrons. The summed E-state index contributed by atoms with van der Waals surface area (Å²) in [5.74, 6) is 0.379. The maximum atomic E-state index is 13.5. The second kappa shape index (κ2) is 12.5. The van der Waals surface area contributed by atoms with E-state index in [2.05, 4.69) is 60.4 Å². The number of carbonyl (C=O) groups excluding carboxylic acids is 1. The molecule has 0 bridgehead atoms. The maximum absolute atomic E-state index is 13.5. The van der Waals surface area contributed by atoms with Crippen molar-refractivity contribution in [3.05, 3.63) is 11.8 Å². The fraction of sp³-hybridized carbons (Fsp3) is 0.839. The van der Waals surface area contributed by atoms with Gasteiger partial charge in [-0.25, -0.2) is 4.98 Å². The van der Waals surface area contributed by atoms with Gasteiger partial charge in [-0.15, -0.1) is 0 Å². The van der Waals surface area contributed by atoms with Crippen LogP contribution in [0.3, 0.4) is 0 Å². The number of ether oxygens (including phenoxy) is 2. The summed E-state index contributed by atoms with van der Waals surface area (Å²) in [6.45, 7) is 31.5. The van der Waals surface area contributed by atoms with Crippen LogP contribution >= 0.6 is 0 Å². The molecule has 3 atom stereocenters. The minimum Gasteiger partial charge on any atom is -0.472 e. The average molecular weight is 624 g/mol. The summed E-state index contributed by atoms with van der Waals surface area (Å²) < 4.78 is 34.1. The van der Waals surface area contributed by atoms with Crippen LogP contribution in [-0.2, 0) is 17.8 Å². The Morgan fingerprint density at radius 3 is 1.88 bits per heavy atom. The van der Waals surface area contributed by atoms with E-state index in [1.54, 1.807) is 13.1 Å². The predicted molar refractivity (Wildman–Crippen MR) is 170 cm³/mol. The lowest BCUT2D eigenvalue weighted by molar-refractivity contribution is -0.134. The Morgan fingerprint density at radius 2 is 1.43 bits per heavy atom. The molecule has 2 aliphatic heterocycles. The fourth-order valence-corrected chi connectivity index (χ4v) is 17.6. The zero-order valence-corrected chi connectivity index (χ0v) is 30.8. The van der Waals surface area contributed by atoms with E-state index < -0.39 is 28.3 Å². The molecule has 0 saturated carbocycles. The van der Waals surface area contributed by atoms with Crippen LogP contribution in [0.25, 0.3) is 0 Å². The first-order valence-electron chi connectivity index (χ1n) is 15.7. The van der Waals surface area contributed by atoms with Crippen molar-refractivity contribution in [3.63, 3.8) is 0 Å². The van der Waals surface area contributed by atoms with Gasteiger partial charge in [0.15, 0.2) is 0 Å². The zero-order chi connectivity index (χ0) is 32.0. The molecule has 3 rings (SSSR count). The van der Waals surface area contributed by atoms with Crippen LogP contribution in [-0.4, -0.2) is 67.9 Å². The molecule has 0 aliphatic carbocycles. The SMILES string of the molecule is CC(=O)N1C(c2cnc(OC(C)(C)C)nc2OC(C)(C)C)C[C@@H]2O[Si](C(C)C)(C(C)C)O[Si](C(C)C)(C(C)C)OC[C@@H]21. The molecule has 2 saturated heterocycles. The zero-order valence-electron chi connectivity index (χ0n) is 28.8. The summed E-state index contributed by atoms with van der Waals surface area (Å²) in [7, 11) is -5.58. The van der Waals surface area contributed by atoms with Crippen molar-refractivity contribution >= 4 is 23.0 Å². The summed E-state index contributed by atoms with van der Waals surface area (Å²) in [4.78, 5) is 24.7. The Balaban J connectivity index is 2.18. The van der Waals surface area contributed by atoms with Crippen molar-refractivity contribution in [2.45, 2.75) is 162 Å². The van der Waals surface area contributed by atoms with E-state index in [1.807, 2.05) is 46.4 Å². The monoisotopic (exact) mass is 623 g/mol. The van der Waals surface area contributed by atoms with Crippen LogP contribution < -0.4 is 9.47 Å². The van der Waals surface area contributed by atoms with E-state index in [0.717, 1.165) is 5.56 Å². The van der Waals surface area contributed by atoms with Gasteiger partial charge in [-0.3, -0.25) is 4.79 Å². The average Bonchev–Trinajstić information content (AvgIpc) is 3.13. The molecule has 1 aromatic rings. The third-order valence-electron chi connectivity index (χ3n) is 8.21. The van der Waals surface area contributed by atoms with E-state index >= 15 is 0 Å². The second-order valence-corrected chi connectivity index (χ2v) is 24.1. The first-order chi connectivity index (χ1) is 19.1. The van der Waals surface area contributed by atoms with Gasteiger partial charge in [0.2, 0.25) is 11.8 Å². The van der Waals surface area contributed by atoms with Crippen LogP contribution in [0.4, 0.5) is 0 Å². The highest BCUT2D eigenvalue weighted by molar-refractivity contribution is 6.84. The first-order valence-corrected chi connectivity index (χ1v) is 19.6. The molecule has 0 aromatic carbocycles. The number of nitrogens with zero attached hydrogens (tertiary/aromatic N) is 3. The molecule has 1 amide bonds. The van der Waals surface area contributed by atoms with Gasteiger partial charge in [0.1, 0.15) is 11.2 Å². The number of amides is 1. The number of likely N-dealkylation sites (tertiary alicyclic amines) is 1. The van der Waals surface area contributed by atoms with Crippen molar-refractivity contribution in [3.8, 4) is 11.9 Å². The Hall–Kier alpha value is -1.54. The standard InChI is InChI=1S/C31H57N3O6Si2/c1-19(2)41(20(3)4)36-18-26-27(39-42(40-41,21(5)6)22(7)8)16-25(34(26)23(9)35)24-17-32-29(38-31(13,14)15)33-28(24)37-30(10,11)12/h17,19-22,25-27H,16,18H2,1-15H3/t25?,26-,27-/m0/s1. The molecular weight excluding hydrogens is 567 g/mol. The van der Waals surface area contributed by atoms with Gasteiger partial charge < -0.3 is 27.3 Å². The van der Waals surface area contributed by atoms with Crippen molar-refractivity contribution < 1.29 is 27.2 Å². The molecule has 11 heteroatoms. The van der Waals surface area contributed by atoms with Crippen molar-refractivity contribution in [1.29, 1.82) is 0 Å². The lowest BCUT2D eigenvalue weighted by Crippen LogP contribution is -2.65. The molecule has 0 N–H and O–H groups in total. The van der Waals surface area contributed by atoms with Gasteiger partial charge >= 0.3 is 23.1 Å². The van der Waals surface area contributed by atoms with Crippen LogP contribution in [0.15, 0.2) is 6.20 Å². The third-order valence-corrected chi connectivity index (χ3v) is 18.5. The van der Waals surface area contributed by atoms with Gasteiger partial charge in [-0.2, -0.15) is 4.98 Å². The summed E-state index contributed by atoms with van der Waals surface area (Å²) in [6, 6.07) is -0.369. The van der Waals surface area contributed by atoms with Crippen LogP contribution in [0, 0.1) is 0 Å². The predicted octanol–water partition coefficient (Wildman–Crippen LogP) is 7.45. The van der Waals surface area contributed by atoms with E-state index in [9.17, 15) is 4.79 Å². The number of carbonyl (C=O) groups is 1. The Morgan fingerprint density at radius 1 is 0.905 bits per heavy atom. The van der Waals surface area contributed by atoms with Gasteiger partial charge in [-0.1, -0.05) is 55.4 Å². The molecule has 1 aromatic heterocycles. The molecule has 2 fully saturated rings. The lowest BCUT2D eigenvalue weighted by atomic mass is 10.1. The van der Waals surface area contributed by atoms with Crippen LogP contribution in [0.2, 0.25) is 22.2 Å². The summed E-state index contributed by atoms with van der Waals surface area (Å²) in [6.07, 6.45) is 2.07. The number of hydrogen-bond donors (Lipinski definition) is 0. The quantitative estimate of drug-likeness (QED) is 0.289. The minimum atomic E-state index is -2.83. The Kier molecular flexibility index (Phi) is 10.4. The Bertz CT molecular complexity index is 1080. The number of aromatic nitrogens is 2. The highest BCUT2D eigenvalue weighted by atomic mass is 28.5. The summed E-state index contributed by atoms with van der Waals surface area (Å²) >= 11 is 0. The van der Waals surface area contributed by atoms with E-state index in [-0.39, 0.29) is 52.3 Å². The summed E-state index contributed by atoms with van der Waals surface area (Å²) in [5, 5.41) is 0. The highest BCUT2D eigenvalue weighted by Crippen LogP contribution is 2.50. The number of rotatable bonds is 7. The number of fused-ring (bicyclic) bond motifs is 1. The Labute approximate surface area is 256 Å². The van der Waals surface area contributed by atoms with Crippen molar-refractivity contribution in [1.82, 2.24) is 14.9 Å². The summed E-state index contributed by atoms with van der Waals surface area (Å²) in [5.41, 5.74) is 0.600. The molecular formula is C31H57N3O6Si2. The smallest absolute Gasteiger partial charge is 0.335 e. The third kappa shape index (κ3) is 7.22. The van der Waals surface area contributed by atoms with Gasteiger partial charge in [0.25, 0.3) is 0 Å². The van der Waals surface area contributed by atoms with Crippen LogP contribution in [0.5, 0.6) is 11.9 Å². The normalized spacial score (nSPS) is 24.6. The van der Waals surface area contributed by atoms with E-state index in [1.165, 1.54) is 0 Å². The molecule has 9 nitrogen and oxygen atoms in total. The fourth-order valence-electron chi connectivity index (χ4n) is 6.39. The highest BCUT2D eigenvalue weighted by Gasteiger charge is 2.61. The van der Waals surface area contributed by atoms with Crippen LogP contribution in [0.1, 0.15) is 122 Å². The molecule has 42 heavy (non-hydrogen) atoms. The molecule has 0 spiro atoms. The lowest BCUT2D eigenvalue weighted by Gasteiger charge is -2.51. The van der Waals surface area contributed by atoms with E-state index in [0.29, 0.717) is 18.9 Å². The maximum Gasteiger partial charge on any atom is 0.335 e. The van der Waals surface area contributed by atoms with Gasteiger partial charge in [0, 0.05) is 13.1 Å². The van der Waals surface area contributed by atoms with E-state index in [4.69, 9.17) is 27.4 Å². The second-order valence-electron chi connectivity index (χ2n) is 15.2.